The summed E-state index contributed by atoms with van der Waals surface area (Å²) in [6.45, 7) is 1.56. The van der Waals surface area contributed by atoms with Crippen LogP contribution in [-0.4, -0.2) is 70.0 Å². The summed E-state index contributed by atoms with van der Waals surface area (Å²) in [5, 5.41) is 37.2. The molecule has 0 aliphatic carbocycles. The van der Waals surface area contributed by atoms with Crippen molar-refractivity contribution in [2.45, 2.75) is 51.1 Å². The minimum atomic E-state index is -1.70. The minimum Gasteiger partial charge on any atom is -0.456 e. The zero-order valence-corrected chi connectivity index (χ0v) is 11.6. The highest BCUT2D eigenvalue weighted by Gasteiger charge is 2.37. The van der Waals surface area contributed by atoms with Crippen molar-refractivity contribution in [3.05, 3.63) is 0 Å². The van der Waals surface area contributed by atoms with E-state index in [1.165, 1.54) is 13.8 Å². The fraction of sp³-hybridized carbons (Fsp3) is 0.833. The molecule has 0 aromatic carbocycles. The van der Waals surface area contributed by atoms with Crippen LogP contribution in [0.1, 0.15) is 26.7 Å². The van der Waals surface area contributed by atoms with Crippen LogP contribution in [0.4, 0.5) is 0 Å². The van der Waals surface area contributed by atoms with E-state index in [0.717, 1.165) is 0 Å². The van der Waals surface area contributed by atoms with Gasteiger partial charge in [-0.05, 0) is 0 Å². The molecule has 0 spiro atoms. The molecule has 0 heterocycles. The molecular formula is C12H22O8. The van der Waals surface area contributed by atoms with E-state index in [9.17, 15) is 24.9 Å². The highest BCUT2D eigenvalue weighted by molar-refractivity contribution is 5.70. The molecule has 118 valence electrons. The van der Waals surface area contributed by atoms with Gasteiger partial charge in [0.25, 0.3) is 0 Å². The summed E-state index contributed by atoms with van der Waals surface area (Å²) >= 11 is 0. The largest absolute Gasteiger partial charge is 0.456 e. The Hall–Kier alpha value is -1.22. The minimum absolute atomic E-state index is 0.00167. The third-order valence-corrected chi connectivity index (χ3v) is 2.59. The molecule has 8 heteroatoms. The van der Waals surface area contributed by atoms with Gasteiger partial charge in [-0.1, -0.05) is 13.8 Å². The molecule has 0 bridgehead atoms. The Labute approximate surface area is 116 Å². The summed E-state index contributed by atoms with van der Waals surface area (Å²) in [7, 11) is 0. The zero-order valence-electron chi connectivity index (χ0n) is 11.6. The lowest BCUT2D eigenvalue weighted by Gasteiger charge is -2.30. The van der Waals surface area contributed by atoms with E-state index < -0.39 is 49.6 Å². The number of carbonyl (C=O) groups excluding carboxylic acids is 2. The van der Waals surface area contributed by atoms with Gasteiger partial charge in [-0.15, -0.1) is 0 Å². The first kappa shape index (κ1) is 18.8. The number of aliphatic hydroxyl groups is 4. The van der Waals surface area contributed by atoms with Crippen molar-refractivity contribution < 1.29 is 39.5 Å². The summed E-state index contributed by atoms with van der Waals surface area (Å²) in [6, 6.07) is 0. The number of aliphatic hydroxyl groups excluding tert-OH is 4. The molecule has 0 aromatic heterocycles. The Morgan fingerprint density at radius 2 is 1.45 bits per heavy atom. The van der Waals surface area contributed by atoms with E-state index in [-0.39, 0.29) is 12.8 Å². The van der Waals surface area contributed by atoms with Gasteiger partial charge in [0.2, 0.25) is 0 Å². The second-order valence-electron chi connectivity index (χ2n) is 4.11. The molecule has 0 unspecified atom stereocenters. The molecule has 0 fully saturated rings. The molecule has 0 saturated heterocycles. The Morgan fingerprint density at radius 1 is 0.950 bits per heavy atom. The van der Waals surface area contributed by atoms with Crippen LogP contribution in [0.2, 0.25) is 0 Å². The zero-order chi connectivity index (χ0) is 15.7. The maximum absolute atomic E-state index is 11.3. The van der Waals surface area contributed by atoms with Crippen LogP contribution in [0.15, 0.2) is 0 Å². The summed E-state index contributed by atoms with van der Waals surface area (Å²) in [4.78, 5) is 22.5. The molecule has 0 saturated carbocycles. The standard InChI is InChI=1S/C12H22O8/c1-3-9(16)19-8(6-14)12(20-10(17)4-2)11(18)7(15)5-13/h7-8,11-15,18H,3-6H2,1-2H3/t7-,8+,11-,12-/m0/s1. The molecule has 0 radical (unpaired) electrons. The smallest absolute Gasteiger partial charge is 0.306 e. The van der Waals surface area contributed by atoms with Crippen LogP contribution >= 0.6 is 0 Å². The first-order valence-corrected chi connectivity index (χ1v) is 6.37. The highest BCUT2D eigenvalue weighted by atomic mass is 16.6. The second kappa shape index (κ2) is 9.65. The number of esters is 2. The number of carbonyl (C=O) groups is 2. The maximum Gasteiger partial charge on any atom is 0.306 e. The molecule has 0 aliphatic heterocycles. The molecule has 0 aromatic rings. The van der Waals surface area contributed by atoms with Crippen LogP contribution in [0, 0.1) is 0 Å². The SMILES string of the molecule is CCC(=O)O[C@H]([C@@H](O)[C@@H](O)CO)[C@@H](CO)OC(=O)CC. The van der Waals surface area contributed by atoms with E-state index in [2.05, 4.69) is 0 Å². The van der Waals surface area contributed by atoms with Crippen molar-refractivity contribution in [1.29, 1.82) is 0 Å². The normalized spacial score (nSPS) is 16.9. The topological polar surface area (TPSA) is 134 Å². The van der Waals surface area contributed by atoms with Crippen LogP contribution in [-0.2, 0) is 19.1 Å². The molecule has 0 rings (SSSR count). The molecule has 0 amide bonds. The Bertz CT molecular complexity index is 306. The van der Waals surface area contributed by atoms with Crippen LogP contribution < -0.4 is 0 Å². The molecule has 20 heavy (non-hydrogen) atoms. The highest BCUT2D eigenvalue weighted by Crippen LogP contribution is 2.14. The number of ether oxygens (including phenoxy) is 2. The molecule has 4 atom stereocenters. The number of rotatable bonds is 9. The molecule has 0 aliphatic rings. The quantitative estimate of drug-likeness (QED) is 0.371. The average Bonchev–Trinajstić information content (AvgIpc) is 2.48. The van der Waals surface area contributed by atoms with Gasteiger partial charge < -0.3 is 29.9 Å². The number of hydrogen-bond donors (Lipinski definition) is 4. The summed E-state index contributed by atoms with van der Waals surface area (Å²) in [5.74, 6) is -1.36. The van der Waals surface area contributed by atoms with Crippen LogP contribution in [0.25, 0.3) is 0 Å². The summed E-state index contributed by atoms with van der Waals surface area (Å²) < 4.78 is 9.74. The lowest BCUT2D eigenvalue weighted by Crippen LogP contribution is -2.51. The van der Waals surface area contributed by atoms with E-state index in [0.29, 0.717) is 0 Å². The monoisotopic (exact) mass is 294 g/mol. The lowest BCUT2D eigenvalue weighted by molar-refractivity contribution is -0.189. The maximum atomic E-state index is 11.3. The predicted molar refractivity (Wildman–Crippen MR) is 66.5 cm³/mol. The fourth-order valence-electron chi connectivity index (χ4n) is 1.39. The Kier molecular flexibility index (Phi) is 9.06. The molecule has 4 N–H and O–H groups in total. The van der Waals surface area contributed by atoms with Gasteiger partial charge in [-0.25, -0.2) is 0 Å². The van der Waals surface area contributed by atoms with Crippen molar-refractivity contribution in [3.8, 4) is 0 Å². The van der Waals surface area contributed by atoms with Gasteiger partial charge in [0.15, 0.2) is 12.2 Å². The number of hydrogen-bond acceptors (Lipinski definition) is 8. The third kappa shape index (κ3) is 5.83. The first-order valence-electron chi connectivity index (χ1n) is 6.37. The summed E-state index contributed by atoms with van der Waals surface area (Å²) in [6.07, 6.45) is -6.06. The van der Waals surface area contributed by atoms with Crippen molar-refractivity contribution in [1.82, 2.24) is 0 Å². The van der Waals surface area contributed by atoms with Gasteiger partial charge in [0.1, 0.15) is 12.2 Å². The van der Waals surface area contributed by atoms with Crippen molar-refractivity contribution >= 4 is 11.9 Å². The first-order chi connectivity index (χ1) is 9.40. The molecule has 8 nitrogen and oxygen atoms in total. The predicted octanol–water partition coefficient (Wildman–Crippen LogP) is -1.66. The van der Waals surface area contributed by atoms with Gasteiger partial charge in [-0.2, -0.15) is 0 Å². The van der Waals surface area contributed by atoms with E-state index in [1.54, 1.807) is 0 Å². The fourth-order valence-corrected chi connectivity index (χ4v) is 1.39. The average molecular weight is 294 g/mol. The Balaban J connectivity index is 5.04. The molecular weight excluding hydrogens is 272 g/mol. The van der Waals surface area contributed by atoms with Crippen LogP contribution in [0.3, 0.4) is 0 Å². The van der Waals surface area contributed by atoms with Crippen molar-refractivity contribution in [3.63, 3.8) is 0 Å². The van der Waals surface area contributed by atoms with Crippen LogP contribution in [0.5, 0.6) is 0 Å². The van der Waals surface area contributed by atoms with Crippen molar-refractivity contribution in [2.24, 2.45) is 0 Å². The van der Waals surface area contributed by atoms with Gasteiger partial charge in [-0.3, -0.25) is 9.59 Å². The van der Waals surface area contributed by atoms with E-state index in [4.69, 9.17) is 14.6 Å². The second-order valence-corrected chi connectivity index (χ2v) is 4.11. The van der Waals surface area contributed by atoms with Gasteiger partial charge in [0, 0.05) is 12.8 Å². The van der Waals surface area contributed by atoms with Crippen molar-refractivity contribution in [2.75, 3.05) is 13.2 Å². The van der Waals surface area contributed by atoms with E-state index >= 15 is 0 Å². The van der Waals surface area contributed by atoms with E-state index in [1.807, 2.05) is 0 Å². The third-order valence-electron chi connectivity index (χ3n) is 2.59. The van der Waals surface area contributed by atoms with Gasteiger partial charge in [0.05, 0.1) is 13.2 Å². The van der Waals surface area contributed by atoms with Gasteiger partial charge >= 0.3 is 11.9 Å². The Morgan fingerprint density at radius 3 is 1.85 bits per heavy atom. The summed E-state index contributed by atoms with van der Waals surface area (Å²) in [5.41, 5.74) is 0. The lowest BCUT2D eigenvalue weighted by atomic mass is 10.0.